The van der Waals surface area contributed by atoms with E-state index in [1.165, 1.54) is 6.08 Å². The van der Waals surface area contributed by atoms with Gasteiger partial charge >= 0.3 is 17.7 Å². The summed E-state index contributed by atoms with van der Waals surface area (Å²) in [5.74, 6) is -1.83. The zero-order valence-corrected chi connectivity index (χ0v) is 26.4. The summed E-state index contributed by atoms with van der Waals surface area (Å²) in [6.07, 6.45) is 0.207. The van der Waals surface area contributed by atoms with Crippen LogP contribution in [0, 0.1) is 12.7 Å². The Bertz CT molecular complexity index is 1690. The fraction of sp³-hybridized carbons (Fsp3) is 0.467. The number of fused-ring (bicyclic) bond motifs is 1. The minimum Gasteiger partial charge on any atom is -0.462 e. The third kappa shape index (κ3) is 7.50. The number of hydrogen-bond acceptors (Lipinski definition) is 10. The Balaban J connectivity index is 1.75. The van der Waals surface area contributed by atoms with Crippen molar-refractivity contribution in [3.05, 3.63) is 41.4 Å². The van der Waals surface area contributed by atoms with Crippen LogP contribution in [0.25, 0.3) is 22.2 Å². The maximum Gasteiger partial charge on any atom is 0.446 e. The average molecular weight is 688 g/mol. The number of allylic oxidation sites excluding steroid dienone is 1. The number of rotatable bonds is 8. The molecule has 0 amide bonds. The number of pyridine rings is 1. The zero-order valence-electron chi connectivity index (χ0n) is 25.6. The molecule has 4 heterocycles. The minimum absolute atomic E-state index is 0.00426. The number of aryl methyl sites for hydroxylation is 1. The van der Waals surface area contributed by atoms with Crippen molar-refractivity contribution in [3.63, 3.8) is 0 Å². The van der Waals surface area contributed by atoms with Gasteiger partial charge in [-0.2, -0.15) is 36.3 Å². The molecule has 2 fully saturated rings. The van der Waals surface area contributed by atoms with Crippen LogP contribution < -0.4 is 15.4 Å². The molecule has 1 unspecified atom stereocenters. The van der Waals surface area contributed by atoms with Crippen molar-refractivity contribution in [1.29, 1.82) is 0 Å². The number of likely N-dealkylation sites (tertiary alicyclic amines) is 1. The number of anilines is 2. The van der Waals surface area contributed by atoms with E-state index >= 15 is 4.39 Å². The topological polar surface area (TPSA) is 101 Å². The van der Waals surface area contributed by atoms with Crippen LogP contribution in [0.2, 0.25) is 0 Å². The number of nitrogen functional groups attached to an aromatic ring is 1. The summed E-state index contributed by atoms with van der Waals surface area (Å²) in [6, 6.07) is 1.24. The Morgan fingerprint density at radius 3 is 2.47 bits per heavy atom. The maximum atomic E-state index is 16.8. The molecule has 0 radical (unpaired) electrons. The molecule has 254 valence electrons. The van der Waals surface area contributed by atoms with Gasteiger partial charge in [-0.05, 0) is 75.8 Å². The number of aldehydes is 1. The van der Waals surface area contributed by atoms with Crippen molar-refractivity contribution in [2.45, 2.75) is 55.4 Å². The van der Waals surface area contributed by atoms with Crippen LogP contribution in [0.1, 0.15) is 30.9 Å². The van der Waals surface area contributed by atoms with Crippen molar-refractivity contribution in [3.8, 4) is 17.3 Å². The molecule has 2 N–H and O–H groups in total. The number of benzene rings is 1. The van der Waals surface area contributed by atoms with Crippen molar-refractivity contribution in [1.82, 2.24) is 24.8 Å². The highest BCUT2D eigenvalue weighted by atomic mass is 32.2. The first-order valence-corrected chi connectivity index (χ1v) is 15.5. The van der Waals surface area contributed by atoms with Gasteiger partial charge in [-0.15, -0.1) is 0 Å². The lowest BCUT2D eigenvalue weighted by Gasteiger charge is -2.40. The van der Waals surface area contributed by atoms with Crippen LogP contribution in [0.15, 0.2) is 29.3 Å². The van der Waals surface area contributed by atoms with E-state index in [2.05, 4.69) is 19.9 Å². The molecule has 2 aliphatic rings. The van der Waals surface area contributed by atoms with Crippen LogP contribution in [-0.2, 0) is 11.0 Å². The monoisotopic (exact) mass is 687 g/mol. The van der Waals surface area contributed by atoms with Gasteiger partial charge < -0.3 is 25.2 Å². The molecule has 17 heteroatoms. The number of thioether (sulfide) groups is 1. The normalized spacial score (nSPS) is 19.7. The summed E-state index contributed by atoms with van der Waals surface area (Å²) < 4.78 is 108. The predicted octanol–water partition coefficient (Wildman–Crippen LogP) is 6.05. The van der Waals surface area contributed by atoms with E-state index in [0.717, 1.165) is 38.4 Å². The molecule has 0 saturated carbocycles. The first-order chi connectivity index (χ1) is 22.1. The fourth-order valence-electron chi connectivity index (χ4n) is 6.07. The molecule has 1 aromatic carbocycles. The van der Waals surface area contributed by atoms with E-state index in [0.29, 0.717) is 19.4 Å². The maximum absolute atomic E-state index is 16.8. The summed E-state index contributed by atoms with van der Waals surface area (Å²) in [5.41, 5.74) is -3.77. The van der Waals surface area contributed by atoms with Crippen molar-refractivity contribution < 1.29 is 40.3 Å². The molecule has 0 bridgehead atoms. The number of likely N-dealkylation sites (N-methyl/N-ethyl adjacent to an activating group) is 1. The van der Waals surface area contributed by atoms with Crippen LogP contribution in [0.3, 0.4) is 0 Å². The van der Waals surface area contributed by atoms with Gasteiger partial charge in [-0.25, -0.2) is 9.37 Å². The Morgan fingerprint density at radius 2 is 1.85 bits per heavy atom. The van der Waals surface area contributed by atoms with Gasteiger partial charge in [0.25, 0.3) is 0 Å². The first kappa shape index (κ1) is 34.5. The van der Waals surface area contributed by atoms with Crippen molar-refractivity contribution in [2.24, 2.45) is 0 Å². The molecule has 2 aliphatic heterocycles. The standard InChI is InChI=1S/C30H32F7N7O2S/c1-16-12-21(38)39-26(23(16)29(32,33)34)22-20(47-30(35,36)37)13-19-25(24(22)31)40-28(46-15-18-6-4-7-42(18)3)41-27(19)44-10-9-43(8-5-11-45)14-17(44)2/h5,8,11-13,17-18H,4,6-7,9-10,14-15H2,1-3H3,(H2,38,39)/t17-,18?/m0/s1. The van der Waals surface area contributed by atoms with E-state index in [-0.39, 0.29) is 42.4 Å². The minimum atomic E-state index is -5.10. The molecule has 9 nitrogen and oxygen atoms in total. The number of nitrogens with zero attached hydrogens (tertiary/aromatic N) is 6. The van der Waals surface area contributed by atoms with Crippen molar-refractivity contribution >= 4 is 40.6 Å². The van der Waals surface area contributed by atoms with Crippen LogP contribution in [0.4, 0.5) is 42.4 Å². The number of nitrogens with two attached hydrogens (primary N) is 1. The first-order valence-electron chi connectivity index (χ1n) is 14.7. The van der Waals surface area contributed by atoms with E-state index < -0.39 is 67.9 Å². The van der Waals surface area contributed by atoms with Gasteiger partial charge in [-0.1, -0.05) is 0 Å². The van der Waals surface area contributed by atoms with Gasteiger partial charge in [0.1, 0.15) is 30.0 Å². The molecule has 0 spiro atoms. The number of alkyl halides is 6. The van der Waals surface area contributed by atoms with Crippen LogP contribution in [0.5, 0.6) is 6.01 Å². The zero-order chi connectivity index (χ0) is 34.3. The highest BCUT2D eigenvalue weighted by molar-refractivity contribution is 8.00. The van der Waals surface area contributed by atoms with E-state index in [4.69, 9.17) is 10.5 Å². The number of ether oxygens (including phenoxy) is 1. The van der Waals surface area contributed by atoms with E-state index in [1.807, 2.05) is 18.9 Å². The predicted molar refractivity (Wildman–Crippen MR) is 164 cm³/mol. The second-order valence-electron chi connectivity index (χ2n) is 11.5. The smallest absolute Gasteiger partial charge is 0.446 e. The molecule has 3 aromatic rings. The van der Waals surface area contributed by atoms with Crippen LogP contribution >= 0.6 is 11.8 Å². The number of hydrogen-bond donors (Lipinski definition) is 1. The molecular formula is C30H32F7N7O2S. The molecule has 2 aromatic heterocycles. The third-order valence-corrected chi connectivity index (χ3v) is 8.99. The lowest BCUT2D eigenvalue weighted by Crippen LogP contribution is -2.50. The number of piperazine rings is 1. The van der Waals surface area contributed by atoms with Gasteiger partial charge in [0.2, 0.25) is 0 Å². The highest BCUT2D eigenvalue weighted by Gasteiger charge is 2.41. The molecule has 47 heavy (non-hydrogen) atoms. The number of carbonyl (C=O) groups excluding carboxylic acids is 1. The van der Waals surface area contributed by atoms with Crippen molar-refractivity contribution in [2.75, 3.05) is 50.5 Å². The summed E-state index contributed by atoms with van der Waals surface area (Å²) >= 11 is -0.770. The summed E-state index contributed by atoms with van der Waals surface area (Å²) in [6.45, 7) is 4.88. The second kappa shape index (κ2) is 13.3. The largest absolute Gasteiger partial charge is 0.462 e. The number of halogens is 7. The SMILES string of the molecule is Cc1cc(N)nc(-c2c(SC(F)(F)F)cc3c(N4CCN(C=CC=O)C[C@@H]4C)nc(OCC4CCCN4C)nc3c2F)c1C(F)(F)F. The summed E-state index contributed by atoms with van der Waals surface area (Å²) in [4.78, 5) is 28.1. The average Bonchev–Trinajstić information content (AvgIpc) is 3.37. The molecule has 5 rings (SSSR count). The van der Waals surface area contributed by atoms with Gasteiger partial charge in [-0.3, -0.25) is 4.79 Å². The fourth-order valence-corrected chi connectivity index (χ4v) is 6.78. The lowest BCUT2D eigenvalue weighted by atomic mass is 9.98. The Hall–Kier alpha value is -3.86. The van der Waals surface area contributed by atoms with E-state index in [1.54, 1.807) is 11.1 Å². The third-order valence-electron chi connectivity index (χ3n) is 8.22. The van der Waals surface area contributed by atoms with E-state index in [9.17, 15) is 31.1 Å². The second-order valence-corrected chi connectivity index (χ2v) is 12.6. The van der Waals surface area contributed by atoms with Gasteiger partial charge in [0.15, 0.2) is 5.82 Å². The Labute approximate surface area is 270 Å². The van der Waals surface area contributed by atoms with Gasteiger partial charge in [0.05, 0.1) is 16.8 Å². The van der Waals surface area contributed by atoms with Crippen LogP contribution in [-0.4, -0.2) is 88.5 Å². The Morgan fingerprint density at radius 1 is 1.11 bits per heavy atom. The van der Waals surface area contributed by atoms with Gasteiger partial charge in [0, 0.05) is 48.2 Å². The summed E-state index contributed by atoms with van der Waals surface area (Å²) in [7, 11) is 1.92. The molecule has 2 saturated heterocycles. The highest BCUT2D eigenvalue weighted by Crippen LogP contribution is 2.49. The summed E-state index contributed by atoms with van der Waals surface area (Å²) in [5, 5.41) is -0.152. The quantitative estimate of drug-likeness (QED) is 0.131. The molecule has 0 aliphatic carbocycles. The number of aromatic nitrogens is 3. The lowest BCUT2D eigenvalue weighted by molar-refractivity contribution is -0.137. The Kier molecular flexibility index (Phi) is 9.78. The molecular weight excluding hydrogens is 655 g/mol. The molecule has 2 atom stereocenters. The number of carbonyl (C=O) groups is 1.